The minimum atomic E-state index is -1.94. The Morgan fingerprint density at radius 1 is 0.844 bits per heavy atom. The van der Waals surface area contributed by atoms with Crippen molar-refractivity contribution in [1.82, 2.24) is 36.8 Å². The number of carboxylic acid groups (broad SMARTS) is 2. The quantitative estimate of drug-likeness (QED) is 0.0341. The van der Waals surface area contributed by atoms with E-state index in [2.05, 4.69) is 43.5 Å². The number of hydrogen-bond donors (Lipinski definition) is 11. The number of guanidine groups is 1. The second kappa shape index (κ2) is 30.9. The van der Waals surface area contributed by atoms with Gasteiger partial charge in [-0.1, -0.05) is 80.6 Å². The number of methoxy groups -OCH3 is 2. The number of phenolic OH excluding ortho intramolecular Hbond substituents is 1. The first-order chi connectivity index (χ1) is 36.3. The molecule has 0 aromatic heterocycles. The Bertz CT molecular complexity index is 2530. The van der Waals surface area contributed by atoms with Crippen LogP contribution in [0.5, 0.6) is 11.5 Å². The van der Waals surface area contributed by atoms with Crippen molar-refractivity contribution in [1.29, 1.82) is 0 Å². The highest BCUT2D eigenvalue weighted by molar-refractivity contribution is 6.00. The number of nitrogens with zero attached hydrogens (tertiary/aromatic N) is 2. The Labute approximate surface area is 447 Å². The van der Waals surface area contributed by atoms with Crippen LogP contribution in [0.3, 0.4) is 0 Å². The monoisotopic (exact) mass is 1070 g/mol. The lowest BCUT2D eigenvalue weighted by molar-refractivity contribution is -0.144. The molecule has 2 aromatic rings. The number of nitrogens with one attached hydrogen (secondary N) is 6. The minimum Gasteiger partial charge on any atom is -0.504 e. The standard InChI is InChI=1S/C53H74N10O14/c1-29(25-30(2)42(76-7)26-34-13-10-9-11-14-34)16-19-36-31(3)46(67)61-39(51(72)73)21-23-45(66)63(6)33(5)48(69)57-32(4)47(68)60-38(20-17-35-18-22-41(64)43(27-35)77-8)50(71)62-40(52(74)75)28-44(65)58-37(49(70)59-36)15-12-24-56-53(54)55/h9-11,13-14,16,18-19,22,25,27,30-32,36-40,42,64H,5,12,15,17,20-21,23-24,26,28H2,1-4,6-8H3,(H,57,69)(H,58,65)(H,59,70)(H,60,68)(H,61,67)(H,62,71)(H,72,73)(H,74,75)(H4,54,55,56)/b19-16+,29-25+/t30-,31-,32+,36?,37-,38-,39?,40+,42-/m0/s1. The number of carboxylic acids is 2. The van der Waals surface area contributed by atoms with Gasteiger partial charge in [0.15, 0.2) is 17.5 Å². The molecular formula is C53H74N10O14. The normalized spacial score (nSPS) is 23.1. The zero-order valence-electron chi connectivity index (χ0n) is 44.5. The summed E-state index contributed by atoms with van der Waals surface area (Å²) in [6.45, 7) is 10.1. The van der Waals surface area contributed by atoms with E-state index in [1.807, 2.05) is 43.3 Å². The number of amides is 7. The molecule has 24 nitrogen and oxygen atoms in total. The van der Waals surface area contributed by atoms with Crippen LogP contribution in [0.15, 0.2) is 89.6 Å². The molecule has 9 atom stereocenters. The van der Waals surface area contributed by atoms with Gasteiger partial charge in [-0.05, 0) is 75.6 Å². The lowest BCUT2D eigenvalue weighted by atomic mass is 9.94. The predicted octanol–water partition coefficient (Wildman–Crippen LogP) is 0.673. The van der Waals surface area contributed by atoms with Gasteiger partial charge < -0.3 is 73.1 Å². The van der Waals surface area contributed by atoms with Gasteiger partial charge in [0.2, 0.25) is 35.4 Å². The van der Waals surface area contributed by atoms with Gasteiger partial charge in [0.05, 0.1) is 31.6 Å². The second-order valence-electron chi connectivity index (χ2n) is 18.7. The highest BCUT2D eigenvalue weighted by atomic mass is 16.5. The number of likely N-dealkylation sites (N-methyl/N-ethyl adjacent to an activating group) is 1. The third-order valence-corrected chi connectivity index (χ3v) is 12.8. The number of rotatable bonds is 17. The van der Waals surface area contributed by atoms with Crippen molar-refractivity contribution < 1.29 is 67.9 Å². The maximum atomic E-state index is 14.4. The molecule has 1 fully saturated rings. The summed E-state index contributed by atoms with van der Waals surface area (Å²) in [6, 6.07) is 4.95. The van der Waals surface area contributed by atoms with Gasteiger partial charge in [-0.2, -0.15) is 0 Å². The molecule has 13 N–H and O–H groups in total. The third-order valence-electron chi connectivity index (χ3n) is 12.8. The van der Waals surface area contributed by atoms with Gasteiger partial charge in [-0.15, -0.1) is 0 Å². The van der Waals surface area contributed by atoms with E-state index < -0.39 is 120 Å². The van der Waals surface area contributed by atoms with Gasteiger partial charge >= 0.3 is 11.9 Å². The van der Waals surface area contributed by atoms with Crippen molar-refractivity contribution in [2.45, 2.75) is 121 Å². The minimum absolute atomic E-state index is 0.00214. The van der Waals surface area contributed by atoms with Crippen molar-refractivity contribution in [3.8, 4) is 11.5 Å². The molecule has 77 heavy (non-hydrogen) atoms. The van der Waals surface area contributed by atoms with Gasteiger partial charge in [0.25, 0.3) is 5.91 Å². The Kier molecular flexibility index (Phi) is 25.3. The fourth-order valence-electron chi connectivity index (χ4n) is 8.01. The SMILES string of the molecule is C=C1C(=O)N[C@H](C)C(=O)N[C@@H](CCc2ccc(O)c(OC)c2)C(=O)N[C@@H](C(=O)O)CC(=O)N[C@@H](CCCN=C(N)N)C(=O)NC(/C=C/C(C)=C/[C@H](C)[C@H](Cc2ccccc2)OC)[C@H](C)C(=O)NC(C(=O)O)CCC(=O)N1C. The summed E-state index contributed by atoms with van der Waals surface area (Å²) in [5.41, 5.74) is 12.9. The van der Waals surface area contributed by atoms with Crippen LogP contribution < -0.4 is 48.1 Å². The van der Waals surface area contributed by atoms with E-state index in [-0.39, 0.29) is 61.7 Å². The van der Waals surface area contributed by atoms with Crippen molar-refractivity contribution in [2.75, 3.05) is 27.8 Å². The fraction of sp³-hybridized carbons (Fsp3) is 0.472. The van der Waals surface area contributed by atoms with E-state index in [1.54, 1.807) is 20.1 Å². The molecule has 1 aliphatic heterocycles. The molecule has 1 heterocycles. The van der Waals surface area contributed by atoms with Crippen molar-refractivity contribution in [3.63, 3.8) is 0 Å². The predicted molar refractivity (Wildman–Crippen MR) is 283 cm³/mol. The van der Waals surface area contributed by atoms with E-state index in [0.717, 1.165) is 10.5 Å². The van der Waals surface area contributed by atoms with Crippen LogP contribution in [0, 0.1) is 11.8 Å². The molecule has 0 spiro atoms. The van der Waals surface area contributed by atoms with E-state index in [0.29, 0.717) is 17.6 Å². The van der Waals surface area contributed by atoms with Crippen LogP contribution in [0.1, 0.15) is 77.3 Å². The van der Waals surface area contributed by atoms with E-state index in [9.17, 15) is 58.5 Å². The number of aliphatic carboxylic acids is 2. The maximum absolute atomic E-state index is 14.4. The summed E-state index contributed by atoms with van der Waals surface area (Å²) < 4.78 is 11.0. The van der Waals surface area contributed by atoms with Crippen LogP contribution in [0.25, 0.3) is 0 Å². The highest BCUT2D eigenvalue weighted by Crippen LogP contribution is 2.27. The first-order valence-electron chi connectivity index (χ1n) is 24.9. The van der Waals surface area contributed by atoms with Crippen LogP contribution >= 0.6 is 0 Å². The van der Waals surface area contributed by atoms with E-state index >= 15 is 0 Å². The Morgan fingerprint density at radius 2 is 1.48 bits per heavy atom. The van der Waals surface area contributed by atoms with Crippen LogP contribution in [-0.4, -0.2) is 150 Å². The number of allylic oxidation sites excluding steroid dienone is 2. The first-order valence-corrected chi connectivity index (χ1v) is 24.9. The molecule has 0 bridgehead atoms. The summed E-state index contributed by atoms with van der Waals surface area (Å²) in [7, 11) is 4.12. The number of ether oxygens (including phenoxy) is 2. The zero-order chi connectivity index (χ0) is 57.5. The fourth-order valence-corrected chi connectivity index (χ4v) is 8.01. The molecule has 2 aromatic carbocycles. The molecule has 24 heteroatoms. The lowest BCUT2D eigenvalue weighted by Gasteiger charge is -2.27. The van der Waals surface area contributed by atoms with Crippen molar-refractivity contribution in [3.05, 3.63) is 95.7 Å². The zero-order valence-corrected chi connectivity index (χ0v) is 44.5. The molecule has 1 aliphatic rings. The Hall–Kier alpha value is -8.28. The molecule has 0 aliphatic carbocycles. The number of hydrogen-bond acceptors (Lipinski definition) is 13. The van der Waals surface area contributed by atoms with Crippen molar-refractivity contribution >= 4 is 59.2 Å². The van der Waals surface area contributed by atoms with E-state index in [1.165, 1.54) is 52.3 Å². The summed E-state index contributed by atoms with van der Waals surface area (Å²) in [5, 5.41) is 45.5. The Balaban J connectivity index is 2.11. The molecule has 7 amide bonds. The van der Waals surface area contributed by atoms with Crippen LogP contribution in [0.4, 0.5) is 0 Å². The largest absolute Gasteiger partial charge is 0.504 e. The topological polar surface area (TPSA) is 373 Å². The number of carbonyl (C=O) groups excluding carboxylic acids is 7. The molecular weight excluding hydrogens is 1000 g/mol. The van der Waals surface area contributed by atoms with Gasteiger partial charge in [0, 0.05) is 33.0 Å². The summed E-state index contributed by atoms with van der Waals surface area (Å²) >= 11 is 0. The number of phenols is 1. The highest BCUT2D eigenvalue weighted by Gasteiger charge is 2.34. The average molecular weight is 1080 g/mol. The third kappa shape index (κ3) is 20.8. The first kappa shape index (κ1) is 63.0. The average Bonchev–Trinajstić information content (AvgIpc) is 3.38. The second-order valence-corrected chi connectivity index (χ2v) is 18.7. The van der Waals surface area contributed by atoms with Crippen molar-refractivity contribution in [2.24, 2.45) is 28.3 Å². The van der Waals surface area contributed by atoms with Crippen LogP contribution in [0.2, 0.25) is 0 Å². The molecule has 0 radical (unpaired) electrons. The van der Waals surface area contributed by atoms with Crippen LogP contribution in [-0.2, 0) is 60.7 Å². The Morgan fingerprint density at radius 3 is 2.10 bits per heavy atom. The lowest BCUT2D eigenvalue weighted by Crippen LogP contribution is -2.56. The smallest absolute Gasteiger partial charge is 0.326 e. The maximum Gasteiger partial charge on any atom is 0.326 e. The summed E-state index contributed by atoms with van der Waals surface area (Å²) in [5.74, 6) is -11.3. The van der Waals surface area contributed by atoms with Gasteiger partial charge in [-0.25, -0.2) is 9.59 Å². The van der Waals surface area contributed by atoms with E-state index in [4.69, 9.17) is 20.9 Å². The number of benzene rings is 2. The molecule has 3 rings (SSSR count). The summed E-state index contributed by atoms with van der Waals surface area (Å²) in [6.07, 6.45) is 3.39. The molecule has 0 saturated carbocycles. The number of nitrogens with two attached hydrogens (primary N) is 2. The van der Waals surface area contributed by atoms with Gasteiger partial charge in [-0.3, -0.25) is 38.6 Å². The number of aliphatic imine (C=N–C) groups is 1. The van der Waals surface area contributed by atoms with Gasteiger partial charge in [0.1, 0.15) is 35.9 Å². The number of aromatic hydroxyl groups is 1. The number of aryl methyl sites for hydroxylation is 1. The molecule has 420 valence electrons. The summed E-state index contributed by atoms with van der Waals surface area (Å²) in [4.78, 5) is 127. The molecule has 2 unspecified atom stereocenters. The molecule has 1 saturated heterocycles. The number of carbonyl (C=O) groups is 9.